The average molecular weight is 307 g/mol. The van der Waals surface area contributed by atoms with Crippen LogP contribution in [0.2, 0.25) is 0 Å². The predicted octanol–water partition coefficient (Wildman–Crippen LogP) is 1.13. The van der Waals surface area contributed by atoms with Gasteiger partial charge in [-0.2, -0.15) is 0 Å². The van der Waals surface area contributed by atoms with Crippen LogP contribution in [0.1, 0.15) is 32.6 Å². The number of alkyl halides is 1. The molecule has 0 radical (unpaired) electrons. The number of hydrogen-bond acceptors (Lipinski definition) is 3. The predicted molar refractivity (Wildman–Crippen MR) is 64.9 cm³/mol. The minimum absolute atomic E-state index is 0.242. The van der Waals surface area contributed by atoms with E-state index in [1.165, 1.54) is 0 Å². The van der Waals surface area contributed by atoms with Gasteiger partial charge in [0.1, 0.15) is 0 Å². The molecule has 0 aliphatic rings. The van der Waals surface area contributed by atoms with Crippen LogP contribution in [0.5, 0.6) is 0 Å². The van der Waals surface area contributed by atoms with E-state index >= 15 is 0 Å². The fraction of sp³-hybridized carbons (Fsp3) is 1.00. The molecule has 0 saturated carbocycles. The zero-order valence-corrected chi connectivity index (χ0v) is 11.9. The van der Waals surface area contributed by atoms with Gasteiger partial charge in [0, 0.05) is 0 Å². The van der Waals surface area contributed by atoms with Crippen molar-refractivity contribution in [1.82, 2.24) is 5.32 Å². The molecule has 0 saturated heterocycles. The lowest BCUT2D eigenvalue weighted by Gasteiger charge is -2.26. The maximum absolute atomic E-state index is 13.8. The molecule has 0 spiro atoms. The lowest BCUT2D eigenvalue weighted by atomic mass is 10.2. The Labute approximate surface area is 105 Å². The second-order valence-electron chi connectivity index (χ2n) is 4.04. The van der Waals surface area contributed by atoms with Gasteiger partial charge < -0.3 is 24.9 Å². The Balaban J connectivity index is 4.40. The number of nitrogens with one attached hydrogen (secondary N) is 1. The Bertz CT molecular complexity index is 318. The van der Waals surface area contributed by atoms with Crippen molar-refractivity contribution in [1.29, 1.82) is 0 Å². The Morgan fingerprint density at radius 1 is 1.06 bits per heavy atom. The van der Waals surface area contributed by atoms with Gasteiger partial charge in [0.15, 0.2) is 0 Å². The van der Waals surface area contributed by atoms with Gasteiger partial charge in [-0.1, -0.05) is 26.2 Å². The van der Waals surface area contributed by atoms with Crippen LogP contribution in [-0.2, 0) is 9.13 Å². The Morgan fingerprint density at radius 3 is 1.94 bits per heavy atom. The van der Waals surface area contributed by atoms with Crippen LogP contribution < -0.4 is 5.32 Å². The Kier molecular flexibility index (Phi) is 7.18. The quantitative estimate of drug-likeness (QED) is 0.319. The zero-order valence-electron chi connectivity index (χ0n) is 10.1. The highest BCUT2D eigenvalue weighted by molar-refractivity contribution is 7.72. The number of halogens is 1. The molecule has 0 aliphatic heterocycles. The van der Waals surface area contributed by atoms with Crippen LogP contribution >= 0.6 is 15.2 Å². The topological polar surface area (TPSA) is 127 Å². The minimum atomic E-state index is -5.56. The van der Waals surface area contributed by atoms with Crippen molar-refractivity contribution in [3.05, 3.63) is 0 Å². The van der Waals surface area contributed by atoms with Gasteiger partial charge in [0.25, 0.3) is 0 Å². The summed E-state index contributed by atoms with van der Waals surface area (Å²) < 4.78 is 35.5. The van der Waals surface area contributed by atoms with Crippen molar-refractivity contribution in [2.45, 2.75) is 37.8 Å². The summed E-state index contributed by atoms with van der Waals surface area (Å²) in [4.78, 5) is 34.9. The molecule has 0 rings (SSSR count). The molecule has 10 heteroatoms. The van der Waals surface area contributed by atoms with Gasteiger partial charge in [-0.25, -0.2) is 4.39 Å². The van der Waals surface area contributed by atoms with E-state index in [1.807, 2.05) is 6.92 Å². The molecule has 5 N–H and O–H groups in total. The third-order valence-corrected chi connectivity index (χ3v) is 6.11. The van der Waals surface area contributed by atoms with Crippen molar-refractivity contribution < 1.29 is 33.1 Å². The molecule has 0 aromatic rings. The normalized spacial score (nSPS) is 13.9. The van der Waals surface area contributed by atoms with Crippen LogP contribution in [-0.4, -0.2) is 37.8 Å². The van der Waals surface area contributed by atoms with Crippen LogP contribution in [0.15, 0.2) is 0 Å². The summed E-state index contributed by atoms with van der Waals surface area (Å²) in [6.45, 7) is 1.17. The highest BCUT2D eigenvalue weighted by Gasteiger charge is 2.61. The van der Waals surface area contributed by atoms with Crippen molar-refractivity contribution in [2.75, 3.05) is 13.1 Å². The van der Waals surface area contributed by atoms with Crippen molar-refractivity contribution in [3.8, 4) is 0 Å². The molecule has 0 aromatic heterocycles. The van der Waals surface area contributed by atoms with Gasteiger partial charge >= 0.3 is 20.3 Å². The molecule has 7 nitrogen and oxygen atoms in total. The molecule has 0 heterocycles. The number of unbranched alkanes of at least 4 members (excludes halogenated alkanes) is 3. The maximum atomic E-state index is 13.8. The fourth-order valence-corrected chi connectivity index (χ4v) is 3.29. The molecule has 0 amide bonds. The largest absolute Gasteiger partial charge is 0.376 e. The van der Waals surface area contributed by atoms with Crippen molar-refractivity contribution >= 4 is 15.2 Å². The SMILES string of the molecule is CCCCCCNCC(F)(P(=O)(O)O)P(=O)(O)O. The van der Waals surface area contributed by atoms with E-state index in [4.69, 9.17) is 19.6 Å². The fourth-order valence-electron chi connectivity index (χ4n) is 1.30. The van der Waals surface area contributed by atoms with Crippen molar-refractivity contribution in [3.63, 3.8) is 0 Å². The van der Waals surface area contributed by atoms with Crippen LogP contribution in [0.3, 0.4) is 0 Å². The van der Waals surface area contributed by atoms with E-state index in [-0.39, 0.29) is 6.54 Å². The molecule has 0 aromatic carbocycles. The van der Waals surface area contributed by atoms with Crippen molar-refractivity contribution in [2.24, 2.45) is 0 Å². The summed E-state index contributed by atoms with van der Waals surface area (Å²) in [5.74, 6) is 0. The van der Waals surface area contributed by atoms with Gasteiger partial charge in [0.2, 0.25) is 0 Å². The van der Waals surface area contributed by atoms with Crippen LogP contribution in [0.4, 0.5) is 4.39 Å². The Morgan fingerprint density at radius 2 is 1.56 bits per heavy atom. The molecule has 0 atom stereocenters. The summed E-state index contributed by atoms with van der Waals surface area (Å²) in [7, 11) is -11.1. The first-order valence-electron chi connectivity index (χ1n) is 5.57. The number of hydrogen-bond donors (Lipinski definition) is 5. The van der Waals surface area contributed by atoms with Gasteiger partial charge in [0.05, 0.1) is 6.54 Å². The summed E-state index contributed by atoms with van der Waals surface area (Å²) in [5, 5.41) is -1.52. The van der Waals surface area contributed by atoms with E-state index in [2.05, 4.69) is 5.32 Å². The second-order valence-corrected chi connectivity index (χ2v) is 7.99. The van der Waals surface area contributed by atoms with Crippen LogP contribution in [0.25, 0.3) is 0 Å². The van der Waals surface area contributed by atoms with E-state index in [1.54, 1.807) is 0 Å². The molecule has 0 aliphatic carbocycles. The third kappa shape index (κ3) is 5.05. The minimum Gasteiger partial charge on any atom is -0.322 e. The molecule has 18 heavy (non-hydrogen) atoms. The van der Waals surface area contributed by atoms with Gasteiger partial charge in [-0.05, 0) is 13.0 Å². The molecule has 110 valence electrons. The highest BCUT2D eigenvalue weighted by atomic mass is 31.2. The second kappa shape index (κ2) is 7.10. The third-order valence-electron chi connectivity index (χ3n) is 2.45. The molecule has 0 bridgehead atoms. The van der Waals surface area contributed by atoms with E-state index < -0.39 is 26.9 Å². The molecule has 0 unspecified atom stereocenters. The maximum Gasteiger partial charge on any atom is 0.376 e. The summed E-state index contributed by atoms with van der Waals surface area (Å²) in [6.07, 6.45) is 3.47. The summed E-state index contributed by atoms with van der Waals surface area (Å²) in [6, 6.07) is 0. The summed E-state index contributed by atoms with van der Waals surface area (Å²) in [5.41, 5.74) is 0. The molecular weight excluding hydrogens is 287 g/mol. The average Bonchev–Trinajstić information content (AvgIpc) is 2.19. The highest BCUT2D eigenvalue weighted by Crippen LogP contribution is 2.69. The monoisotopic (exact) mass is 307 g/mol. The summed E-state index contributed by atoms with van der Waals surface area (Å²) >= 11 is 0. The van der Waals surface area contributed by atoms with Gasteiger partial charge in [-0.15, -0.1) is 0 Å². The van der Waals surface area contributed by atoms with E-state index in [9.17, 15) is 13.5 Å². The van der Waals surface area contributed by atoms with Crippen LogP contribution in [0, 0.1) is 0 Å². The van der Waals surface area contributed by atoms with E-state index in [0.29, 0.717) is 6.42 Å². The molecule has 0 fully saturated rings. The number of rotatable bonds is 9. The Hall–Kier alpha value is 0.190. The first kappa shape index (κ1) is 18.2. The standard InChI is InChI=1S/C8H20FNO6P2/c1-2-3-4-5-6-10-7-8(9,17(11,12)13)18(14,15)16/h10H,2-7H2,1H3,(H2,11,12,13)(H2,14,15,16). The first-order valence-corrected chi connectivity index (χ1v) is 8.79. The van der Waals surface area contributed by atoms with Gasteiger partial charge in [-0.3, -0.25) is 9.13 Å². The first-order chi connectivity index (χ1) is 8.06. The lowest BCUT2D eigenvalue weighted by molar-refractivity contribution is 0.218. The smallest absolute Gasteiger partial charge is 0.322 e. The lowest BCUT2D eigenvalue weighted by Crippen LogP contribution is -2.36. The van der Waals surface area contributed by atoms with E-state index in [0.717, 1.165) is 19.3 Å². The molecular formula is C8H20FNO6P2. The zero-order chi connectivity index (χ0) is 14.4.